The lowest BCUT2D eigenvalue weighted by Gasteiger charge is -2.03. The number of pyridine rings is 1. The van der Waals surface area contributed by atoms with Crippen molar-refractivity contribution in [2.75, 3.05) is 0 Å². The van der Waals surface area contributed by atoms with Crippen LogP contribution in [0.3, 0.4) is 0 Å². The highest BCUT2D eigenvalue weighted by Gasteiger charge is 2.08. The Bertz CT molecular complexity index is 728. The van der Waals surface area contributed by atoms with Crippen LogP contribution in [0.4, 0.5) is 0 Å². The maximum atomic E-state index is 12.0. The zero-order valence-corrected chi connectivity index (χ0v) is 10.3. The summed E-state index contributed by atoms with van der Waals surface area (Å²) in [5, 5.41) is 14.3. The van der Waals surface area contributed by atoms with Crippen molar-refractivity contribution in [2.24, 2.45) is 7.05 Å². The highest BCUT2D eigenvalue weighted by molar-refractivity contribution is 5.95. The molecule has 0 saturated heterocycles. The molecule has 1 N–H and O–H groups in total. The molecule has 0 aromatic carbocycles. The van der Waals surface area contributed by atoms with Crippen molar-refractivity contribution < 1.29 is 4.79 Å². The lowest BCUT2D eigenvalue weighted by molar-refractivity contribution is 0.0950. The molecule has 3 aromatic rings. The van der Waals surface area contributed by atoms with Crippen LogP contribution >= 0.6 is 0 Å². The minimum absolute atomic E-state index is 0.156. The van der Waals surface area contributed by atoms with Gasteiger partial charge in [-0.25, -0.2) is 0 Å². The summed E-state index contributed by atoms with van der Waals surface area (Å²) in [4.78, 5) is 13.3. The number of hydrogen-bond acceptors (Lipinski definition) is 4. The highest BCUT2D eigenvalue weighted by atomic mass is 16.1. The summed E-state index contributed by atoms with van der Waals surface area (Å²) < 4.78 is 1.95. The standard InChI is InChI=1S/C12H12N6O/c1-17-15-11(14-16-17)8-13-12(19)9-4-6-18-5-2-3-10(18)7-9/h2-7H,8H2,1H3,(H,13,19). The molecule has 3 aromatic heterocycles. The maximum absolute atomic E-state index is 12.0. The predicted molar refractivity (Wildman–Crippen MR) is 67.4 cm³/mol. The van der Waals surface area contributed by atoms with Crippen molar-refractivity contribution in [3.8, 4) is 0 Å². The van der Waals surface area contributed by atoms with Crippen LogP contribution in [0, 0.1) is 0 Å². The van der Waals surface area contributed by atoms with Gasteiger partial charge >= 0.3 is 0 Å². The number of amides is 1. The zero-order chi connectivity index (χ0) is 13.2. The third-order valence-electron chi connectivity index (χ3n) is 2.75. The molecular formula is C12H12N6O. The van der Waals surface area contributed by atoms with Gasteiger partial charge in [-0.05, 0) is 29.5 Å². The average Bonchev–Trinajstić information content (AvgIpc) is 3.03. The fraction of sp³-hybridized carbons (Fsp3) is 0.167. The van der Waals surface area contributed by atoms with Gasteiger partial charge in [0.1, 0.15) is 0 Å². The summed E-state index contributed by atoms with van der Waals surface area (Å²) >= 11 is 0. The van der Waals surface area contributed by atoms with Crippen LogP contribution in [0.1, 0.15) is 16.2 Å². The Labute approximate surface area is 108 Å². The Hall–Kier alpha value is -2.70. The summed E-state index contributed by atoms with van der Waals surface area (Å²) in [6.45, 7) is 0.263. The molecule has 0 atom stereocenters. The van der Waals surface area contributed by atoms with Gasteiger partial charge in [-0.2, -0.15) is 4.80 Å². The first-order valence-electron chi connectivity index (χ1n) is 5.80. The third kappa shape index (κ3) is 2.30. The molecule has 0 fully saturated rings. The van der Waals surface area contributed by atoms with Crippen LogP contribution in [0.15, 0.2) is 36.7 Å². The Morgan fingerprint density at radius 1 is 1.37 bits per heavy atom. The lowest BCUT2D eigenvalue weighted by Crippen LogP contribution is -2.23. The smallest absolute Gasteiger partial charge is 0.251 e. The largest absolute Gasteiger partial charge is 0.345 e. The van der Waals surface area contributed by atoms with E-state index in [1.165, 1.54) is 4.80 Å². The first-order chi connectivity index (χ1) is 9.22. The normalized spacial score (nSPS) is 10.8. The molecule has 7 heteroatoms. The fourth-order valence-corrected chi connectivity index (χ4v) is 1.83. The molecule has 0 aliphatic carbocycles. The van der Waals surface area contributed by atoms with Crippen molar-refractivity contribution in [2.45, 2.75) is 6.54 Å². The molecule has 0 aliphatic rings. The molecule has 3 rings (SSSR count). The molecule has 0 aliphatic heterocycles. The maximum Gasteiger partial charge on any atom is 0.251 e. The predicted octanol–water partition coefficient (Wildman–Crippen LogP) is 0.393. The summed E-state index contributed by atoms with van der Waals surface area (Å²) in [7, 11) is 1.68. The van der Waals surface area contributed by atoms with Crippen LogP contribution in [0.2, 0.25) is 0 Å². The van der Waals surface area contributed by atoms with Crippen LogP contribution in [0.25, 0.3) is 5.52 Å². The SMILES string of the molecule is Cn1nnc(CNC(=O)c2ccn3cccc3c2)n1. The van der Waals surface area contributed by atoms with Gasteiger partial charge < -0.3 is 9.72 Å². The number of carbonyl (C=O) groups excluding carboxylic acids is 1. The Morgan fingerprint density at radius 3 is 3.05 bits per heavy atom. The number of aryl methyl sites for hydroxylation is 1. The van der Waals surface area contributed by atoms with Crippen LogP contribution in [0.5, 0.6) is 0 Å². The molecule has 0 bridgehead atoms. The van der Waals surface area contributed by atoms with E-state index in [-0.39, 0.29) is 12.5 Å². The monoisotopic (exact) mass is 256 g/mol. The highest BCUT2D eigenvalue weighted by Crippen LogP contribution is 2.08. The molecule has 0 unspecified atom stereocenters. The van der Waals surface area contributed by atoms with Crippen molar-refractivity contribution in [1.82, 2.24) is 29.9 Å². The quantitative estimate of drug-likeness (QED) is 0.735. The summed E-state index contributed by atoms with van der Waals surface area (Å²) in [5.41, 5.74) is 1.58. The first kappa shape index (κ1) is 11.4. The number of fused-ring (bicyclic) bond motifs is 1. The van der Waals surface area contributed by atoms with E-state index in [4.69, 9.17) is 0 Å². The number of rotatable bonds is 3. The first-order valence-corrected chi connectivity index (χ1v) is 5.80. The van der Waals surface area contributed by atoms with E-state index in [0.29, 0.717) is 11.4 Å². The number of nitrogens with zero attached hydrogens (tertiary/aromatic N) is 5. The van der Waals surface area contributed by atoms with E-state index < -0.39 is 0 Å². The molecule has 19 heavy (non-hydrogen) atoms. The van der Waals surface area contributed by atoms with E-state index in [2.05, 4.69) is 20.7 Å². The molecule has 0 saturated carbocycles. The van der Waals surface area contributed by atoms with Crippen molar-refractivity contribution in [3.05, 3.63) is 48.0 Å². The van der Waals surface area contributed by atoms with Gasteiger partial charge in [-0.15, -0.1) is 10.2 Å². The molecular weight excluding hydrogens is 244 g/mol. The number of hydrogen-bond donors (Lipinski definition) is 1. The van der Waals surface area contributed by atoms with Crippen molar-refractivity contribution in [3.63, 3.8) is 0 Å². The van der Waals surface area contributed by atoms with Gasteiger partial charge in [0, 0.05) is 23.5 Å². The van der Waals surface area contributed by atoms with Crippen molar-refractivity contribution in [1.29, 1.82) is 0 Å². The van der Waals surface area contributed by atoms with Gasteiger partial charge in [-0.1, -0.05) is 0 Å². The van der Waals surface area contributed by atoms with E-state index in [1.54, 1.807) is 13.1 Å². The topological polar surface area (TPSA) is 77.1 Å². The Kier molecular flexibility index (Phi) is 2.71. The summed E-state index contributed by atoms with van der Waals surface area (Å²) in [6, 6.07) is 7.48. The summed E-state index contributed by atoms with van der Waals surface area (Å²) in [6.07, 6.45) is 3.78. The molecule has 3 heterocycles. The van der Waals surface area contributed by atoms with Gasteiger partial charge in [0.15, 0.2) is 5.82 Å². The van der Waals surface area contributed by atoms with Crippen LogP contribution in [-0.2, 0) is 13.6 Å². The average molecular weight is 256 g/mol. The van der Waals surface area contributed by atoms with Gasteiger partial charge in [0.05, 0.1) is 13.6 Å². The molecule has 0 spiro atoms. The lowest BCUT2D eigenvalue weighted by atomic mass is 10.2. The Balaban J connectivity index is 1.72. The molecule has 96 valence electrons. The second kappa shape index (κ2) is 4.52. The minimum atomic E-state index is -0.156. The van der Waals surface area contributed by atoms with E-state index in [9.17, 15) is 4.79 Å². The van der Waals surface area contributed by atoms with Crippen molar-refractivity contribution >= 4 is 11.4 Å². The van der Waals surface area contributed by atoms with Gasteiger partial charge in [0.2, 0.25) is 0 Å². The molecule has 0 radical (unpaired) electrons. The Morgan fingerprint density at radius 2 is 2.26 bits per heavy atom. The zero-order valence-electron chi connectivity index (χ0n) is 10.3. The second-order valence-corrected chi connectivity index (χ2v) is 4.13. The summed E-state index contributed by atoms with van der Waals surface area (Å²) in [5.74, 6) is 0.329. The molecule has 7 nitrogen and oxygen atoms in total. The second-order valence-electron chi connectivity index (χ2n) is 4.13. The number of carbonyl (C=O) groups is 1. The number of tetrazole rings is 1. The van der Waals surface area contributed by atoms with Gasteiger partial charge in [-0.3, -0.25) is 4.79 Å². The number of aromatic nitrogens is 5. The van der Waals surface area contributed by atoms with E-state index in [0.717, 1.165) is 5.52 Å². The van der Waals surface area contributed by atoms with Crippen LogP contribution in [-0.4, -0.2) is 30.5 Å². The fourth-order valence-electron chi connectivity index (χ4n) is 1.83. The molecule has 1 amide bonds. The van der Waals surface area contributed by atoms with Crippen LogP contribution < -0.4 is 5.32 Å². The van der Waals surface area contributed by atoms with E-state index >= 15 is 0 Å². The third-order valence-corrected chi connectivity index (χ3v) is 2.75. The minimum Gasteiger partial charge on any atom is -0.345 e. The van der Waals surface area contributed by atoms with Gasteiger partial charge in [0.25, 0.3) is 5.91 Å². The number of nitrogens with one attached hydrogen (secondary N) is 1. The van der Waals surface area contributed by atoms with E-state index in [1.807, 2.05) is 35.0 Å².